The van der Waals surface area contributed by atoms with Crippen molar-refractivity contribution < 1.29 is 59.6 Å². The van der Waals surface area contributed by atoms with Crippen LogP contribution in [0, 0.1) is 0 Å². The van der Waals surface area contributed by atoms with Gasteiger partial charge >= 0.3 is 12.1 Å². The average Bonchev–Trinajstić information content (AvgIpc) is 3.08. The van der Waals surface area contributed by atoms with E-state index in [0.717, 1.165) is 12.1 Å². The topological polar surface area (TPSA) is 176 Å². The van der Waals surface area contributed by atoms with Crippen molar-refractivity contribution in [3.63, 3.8) is 0 Å². The van der Waals surface area contributed by atoms with Crippen LogP contribution in [0.2, 0.25) is 0 Å². The number of alkyl halides is 3. The second-order valence-electron chi connectivity index (χ2n) is 14.0. The first-order chi connectivity index (χ1) is 26.6. The lowest BCUT2D eigenvalue weighted by molar-refractivity contribution is -0.143. The maximum atomic E-state index is 14.3. The van der Waals surface area contributed by atoms with Gasteiger partial charge in [0.1, 0.15) is 0 Å². The van der Waals surface area contributed by atoms with E-state index in [0.29, 0.717) is 45.3 Å². The lowest BCUT2D eigenvalue weighted by Crippen LogP contribution is -2.47. The molecule has 3 atom stereocenters. The molecule has 328 valence electrons. The SMILES string of the molecule is CCOC(=O)CCNC(=O)c1ccc(NC(=O)CN2CCN(CP(C)(=O)OCC)CCN(CP(C)(=O)OCC)CCN(CP(C)(=O)OCC)CC2)c(C(F)(F)F)c1. The van der Waals surface area contributed by atoms with Gasteiger partial charge in [-0.05, 0) is 45.9 Å². The molecule has 0 spiro atoms. The van der Waals surface area contributed by atoms with Crippen molar-refractivity contribution in [1.82, 2.24) is 24.9 Å². The van der Waals surface area contributed by atoms with Crippen LogP contribution in [0.5, 0.6) is 0 Å². The molecule has 0 bridgehead atoms. The zero-order valence-corrected chi connectivity index (χ0v) is 37.0. The number of benzene rings is 1. The highest BCUT2D eigenvalue weighted by Gasteiger charge is 2.35. The summed E-state index contributed by atoms with van der Waals surface area (Å²) in [5.74, 6) is -2.14. The fraction of sp³-hybridized carbons (Fsp3) is 0.743. The first kappa shape index (κ1) is 51.0. The number of anilines is 1. The van der Waals surface area contributed by atoms with Gasteiger partial charge in [0.05, 0.1) is 69.5 Å². The van der Waals surface area contributed by atoms with Crippen LogP contribution in [0.4, 0.5) is 18.9 Å². The molecule has 1 aromatic rings. The summed E-state index contributed by atoms with van der Waals surface area (Å²) in [4.78, 5) is 45.3. The summed E-state index contributed by atoms with van der Waals surface area (Å²) >= 11 is 0. The van der Waals surface area contributed by atoms with Gasteiger partial charge in [-0.3, -0.25) is 47.7 Å². The van der Waals surface area contributed by atoms with E-state index in [2.05, 4.69) is 10.6 Å². The van der Waals surface area contributed by atoms with Crippen molar-refractivity contribution in [2.24, 2.45) is 0 Å². The van der Waals surface area contributed by atoms with Gasteiger partial charge in [-0.25, -0.2) is 0 Å². The normalized spacial score (nSPS) is 19.3. The Morgan fingerprint density at radius 1 is 0.684 bits per heavy atom. The third-order valence-corrected chi connectivity index (χ3v) is 13.8. The molecule has 1 aliphatic rings. The number of halogens is 3. The highest BCUT2D eigenvalue weighted by Crippen LogP contribution is 2.45. The number of nitrogens with one attached hydrogen (secondary N) is 2. The summed E-state index contributed by atoms with van der Waals surface area (Å²) in [7, 11) is -9.14. The van der Waals surface area contributed by atoms with E-state index in [-0.39, 0.29) is 83.4 Å². The van der Waals surface area contributed by atoms with Crippen LogP contribution in [0.15, 0.2) is 18.2 Å². The monoisotopic (exact) mass is 876 g/mol. The number of hydrogen-bond donors (Lipinski definition) is 2. The Kier molecular flexibility index (Phi) is 21.6. The summed E-state index contributed by atoms with van der Waals surface area (Å²) in [6.07, 6.45) is -4.72. The molecular weight excluding hydrogens is 814 g/mol. The molecule has 2 N–H and O–H groups in total. The van der Waals surface area contributed by atoms with E-state index in [1.807, 2.05) is 14.7 Å². The maximum absolute atomic E-state index is 14.3. The summed E-state index contributed by atoms with van der Waals surface area (Å²) in [6, 6.07) is 2.79. The Morgan fingerprint density at radius 3 is 1.49 bits per heavy atom. The molecule has 0 aliphatic carbocycles. The van der Waals surface area contributed by atoms with Crippen LogP contribution in [0.3, 0.4) is 0 Å². The van der Waals surface area contributed by atoms with E-state index in [9.17, 15) is 41.3 Å². The van der Waals surface area contributed by atoms with Gasteiger partial charge in [0.15, 0.2) is 0 Å². The number of carbonyl (C=O) groups is 3. The molecule has 1 heterocycles. The lowest BCUT2D eigenvalue weighted by Gasteiger charge is -2.35. The predicted octanol–water partition coefficient (Wildman–Crippen LogP) is 5.25. The summed E-state index contributed by atoms with van der Waals surface area (Å²) < 4.78 is 104. The highest BCUT2D eigenvalue weighted by molar-refractivity contribution is 7.58. The Hall–Kier alpha value is -2.17. The first-order valence-electron chi connectivity index (χ1n) is 19.1. The van der Waals surface area contributed by atoms with Gasteiger partial charge < -0.3 is 28.9 Å². The smallest absolute Gasteiger partial charge is 0.418 e. The Bertz CT molecular complexity index is 1560. The average molecular weight is 877 g/mol. The molecule has 3 unspecified atom stereocenters. The number of amides is 2. The van der Waals surface area contributed by atoms with E-state index < -0.39 is 57.3 Å². The molecular formula is C35H62F3N6O10P3. The molecule has 1 aromatic carbocycles. The fourth-order valence-corrected chi connectivity index (χ4v) is 11.1. The maximum Gasteiger partial charge on any atom is 0.418 e. The van der Waals surface area contributed by atoms with Gasteiger partial charge in [0, 0.05) is 84.5 Å². The minimum Gasteiger partial charge on any atom is -0.466 e. The van der Waals surface area contributed by atoms with Crippen LogP contribution in [-0.2, 0) is 47.8 Å². The molecule has 1 aliphatic heterocycles. The van der Waals surface area contributed by atoms with Crippen molar-refractivity contribution in [2.45, 2.75) is 40.3 Å². The molecule has 2 amide bonds. The number of nitrogens with zero attached hydrogens (tertiary/aromatic N) is 4. The summed E-state index contributed by atoms with van der Waals surface area (Å²) in [6.45, 7) is 14.7. The number of esters is 1. The molecule has 57 heavy (non-hydrogen) atoms. The molecule has 16 nitrogen and oxygen atoms in total. The fourth-order valence-electron chi connectivity index (χ4n) is 6.23. The van der Waals surface area contributed by atoms with Crippen molar-refractivity contribution in [3.8, 4) is 0 Å². The quantitative estimate of drug-likeness (QED) is 0.128. The van der Waals surface area contributed by atoms with Gasteiger partial charge in [0.2, 0.25) is 28.0 Å². The van der Waals surface area contributed by atoms with Crippen molar-refractivity contribution in [1.29, 1.82) is 0 Å². The molecule has 1 saturated heterocycles. The Balaban J connectivity index is 2.37. The van der Waals surface area contributed by atoms with Crippen LogP contribution in [0.25, 0.3) is 0 Å². The zero-order chi connectivity index (χ0) is 42.9. The minimum atomic E-state index is -4.93. The highest BCUT2D eigenvalue weighted by atomic mass is 31.2. The van der Waals surface area contributed by atoms with Gasteiger partial charge in [-0.1, -0.05) is 0 Å². The zero-order valence-electron chi connectivity index (χ0n) is 34.3. The second-order valence-corrected chi connectivity index (χ2v) is 21.7. The van der Waals surface area contributed by atoms with E-state index in [1.54, 1.807) is 52.6 Å². The number of hydrogen-bond acceptors (Lipinski definition) is 14. The van der Waals surface area contributed by atoms with Crippen LogP contribution < -0.4 is 10.6 Å². The third-order valence-electron chi connectivity index (χ3n) is 8.66. The van der Waals surface area contributed by atoms with Gasteiger partial charge in [-0.2, -0.15) is 13.2 Å². The van der Waals surface area contributed by atoms with Gasteiger partial charge in [0.25, 0.3) is 5.91 Å². The molecule has 0 aromatic heterocycles. The lowest BCUT2D eigenvalue weighted by atomic mass is 10.1. The summed E-state index contributed by atoms with van der Waals surface area (Å²) in [5.41, 5.74) is -2.08. The Labute approximate surface area is 335 Å². The van der Waals surface area contributed by atoms with Crippen molar-refractivity contribution >= 4 is 45.6 Å². The second kappa shape index (κ2) is 24.2. The largest absolute Gasteiger partial charge is 0.466 e. The molecule has 2 rings (SSSR count). The van der Waals surface area contributed by atoms with E-state index >= 15 is 0 Å². The minimum absolute atomic E-state index is 0.0984. The standard InChI is InChI=1S/C35H62F3N6O10P3/c1-8-51-33(46)14-15-39-34(47)29-12-13-31(30(24-29)35(36,37)38)40-32(45)25-41-16-18-42(26-55(5,48)52-9-2)20-22-44(28-57(7,50)54-11-4)23-21-43(19-17-41)27-56(6,49)53-10-3/h12-13,24H,8-11,14-23,25-28H2,1-7H3,(H,39,47)(H,40,45). The summed E-state index contributed by atoms with van der Waals surface area (Å²) in [5, 5.41) is 4.76. The van der Waals surface area contributed by atoms with E-state index in [4.69, 9.17) is 18.3 Å². The van der Waals surface area contributed by atoms with Crippen molar-refractivity contribution in [3.05, 3.63) is 29.3 Å². The number of carbonyl (C=O) groups excluding carboxylic acids is 3. The number of rotatable bonds is 20. The molecule has 0 saturated carbocycles. The Morgan fingerprint density at radius 2 is 1.11 bits per heavy atom. The van der Waals surface area contributed by atoms with Gasteiger partial charge in [-0.15, -0.1) is 0 Å². The van der Waals surface area contributed by atoms with E-state index in [1.165, 1.54) is 0 Å². The van der Waals surface area contributed by atoms with Crippen LogP contribution in [0.1, 0.15) is 50.0 Å². The van der Waals surface area contributed by atoms with Crippen molar-refractivity contribution in [2.75, 3.05) is 136 Å². The van der Waals surface area contributed by atoms with Crippen LogP contribution in [-0.4, -0.2) is 168 Å². The molecule has 1 fully saturated rings. The molecule has 22 heteroatoms. The number of ether oxygens (including phenoxy) is 1. The van der Waals surface area contributed by atoms with Crippen LogP contribution >= 0.6 is 22.1 Å². The third kappa shape index (κ3) is 20.1. The molecule has 0 radical (unpaired) electrons. The predicted molar refractivity (Wildman–Crippen MR) is 215 cm³/mol. The first-order valence-corrected chi connectivity index (χ1v) is 25.9.